The van der Waals surface area contributed by atoms with Gasteiger partial charge in [-0.25, -0.2) is 0 Å². The lowest BCUT2D eigenvalue weighted by Crippen LogP contribution is -2.39. The molecule has 118 valence electrons. The van der Waals surface area contributed by atoms with Crippen molar-refractivity contribution in [2.24, 2.45) is 0 Å². The molecule has 2 aromatic carbocycles. The number of carbonyl (C=O) groups excluding carboxylic acids is 1. The van der Waals surface area contributed by atoms with Crippen molar-refractivity contribution in [2.75, 3.05) is 0 Å². The molecule has 1 amide bonds. The number of hydrogen-bond acceptors (Lipinski definition) is 1. The summed E-state index contributed by atoms with van der Waals surface area (Å²) in [5.41, 5.74) is 3.81. The van der Waals surface area contributed by atoms with Crippen LogP contribution in [-0.4, -0.2) is 10.9 Å². The fourth-order valence-electron chi connectivity index (χ4n) is 2.94. The number of nitrogens with one attached hydrogen (secondary N) is 2. The molecule has 2 N–H and O–H groups in total. The van der Waals surface area contributed by atoms with Crippen molar-refractivity contribution < 1.29 is 4.79 Å². The zero-order valence-corrected chi connectivity index (χ0v) is 13.8. The van der Waals surface area contributed by atoms with Crippen LogP contribution in [0.1, 0.15) is 30.5 Å². The van der Waals surface area contributed by atoms with E-state index in [4.69, 9.17) is 0 Å². The first kappa shape index (κ1) is 15.3. The lowest BCUT2D eigenvalue weighted by Gasteiger charge is -2.23. The highest BCUT2D eigenvalue weighted by atomic mass is 16.2. The second-order valence-electron chi connectivity index (χ2n) is 6.54. The predicted molar refractivity (Wildman–Crippen MR) is 94.4 cm³/mol. The van der Waals surface area contributed by atoms with E-state index in [1.807, 2.05) is 50.4 Å². The van der Waals surface area contributed by atoms with Gasteiger partial charge in [-0.2, -0.15) is 0 Å². The highest BCUT2D eigenvalue weighted by molar-refractivity contribution is 5.94. The van der Waals surface area contributed by atoms with Crippen molar-refractivity contribution in [2.45, 2.75) is 32.7 Å². The van der Waals surface area contributed by atoms with E-state index in [1.165, 1.54) is 5.56 Å². The van der Waals surface area contributed by atoms with Gasteiger partial charge in [-0.3, -0.25) is 4.79 Å². The van der Waals surface area contributed by atoms with Gasteiger partial charge in [0.2, 0.25) is 5.91 Å². The van der Waals surface area contributed by atoms with Crippen molar-refractivity contribution in [3.8, 4) is 0 Å². The first-order valence-electron chi connectivity index (χ1n) is 7.89. The van der Waals surface area contributed by atoms with Crippen LogP contribution in [0.2, 0.25) is 0 Å². The van der Waals surface area contributed by atoms with E-state index >= 15 is 0 Å². The summed E-state index contributed by atoms with van der Waals surface area (Å²) in [6.45, 7) is 6.54. The van der Waals surface area contributed by atoms with Gasteiger partial charge in [0.1, 0.15) is 0 Å². The molecule has 0 bridgehead atoms. The summed E-state index contributed by atoms with van der Waals surface area (Å²) in [6.07, 6.45) is 1.94. The number of amides is 1. The van der Waals surface area contributed by atoms with E-state index in [9.17, 15) is 4.79 Å². The number of para-hydroxylation sites is 1. The van der Waals surface area contributed by atoms with Crippen LogP contribution in [0.5, 0.6) is 0 Å². The van der Waals surface area contributed by atoms with Crippen LogP contribution in [-0.2, 0) is 16.8 Å². The summed E-state index contributed by atoms with van der Waals surface area (Å²) in [5, 5.41) is 4.17. The summed E-state index contributed by atoms with van der Waals surface area (Å²) < 4.78 is 0. The Morgan fingerprint density at radius 3 is 2.70 bits per heavy atom. The van der Waals surface area contributed by atoms with Gasteiger partial charge in [0.05, 0.1) is 5.41 Å². The van der Waals surface area contributed by atoms with Crippen LogP contribution >= 0.6 is 0 Å². The first-order valence-corrected chi connectivity index (χ1v) is 7.89. The smallest absolute Gasteiger partial charge is 0.230 e. The van der Waals surface area contributed by atoms with Gasteiger partial charge >= 0.3 is 0 Å². The van der Waals surface area contributed by atoms with Gasteiger partial charge in [-0.15, -0.1) is 0 Å². The van der Waals surface area contributed by atoms with E-state index in [-0.39, 0.29) is 5.91 Å². The Bertz CT molecular complexity index is 845. The minimum Gasteiger partial charge on any atom is -0.361 e. The van der Waals surface area contributed by atoms with Crippen LogP contribution in [0.4, 0.5) is 0 Å². The molecule has 23 heavy (non-hydrogen) atoms. The van der Waals surface area contributed by atoms with E-state index in [0.717, 1.165) is 22.0 Å². The maximum absolute atomic E-state index is 12.7. The lowest BCUT2D eigenvalue weighted by atomic mass is 9.83. The number of hydrogen-bond donors (Lipinski definition) is 2. The number of benzene rings is 2. The van der Waals surface area contributed by atoms with Crippen LogP contribution < -0.4 is 5.32 Å². The molecular formula is C20H22N2O. The van der Waals surface area contributed by atoms with E-state index in [0.29, 0.717) is 6.54 Å². The Kier molecular flexibility index (Phi) is 3.95. The Morgan fingerprint density at radius 1 is 1.13 bits per heavy atom. The third-order valence-corrected chi connectivity index (χ3v) is 4.37. The largest absolute Gasteiger partial charge is 0.361 e. The van der Waals surface area contributed by atoms with Crippen molar-refractivity contribution in [1.29, 1.82) is 0 Å². The average molecular weight is 306 g/mol. The fourth-order valence-corrected chi connectivity index (χ4v) is 2.94. The summed E-state index contributed by atoms with van der Waals surface area (Å²) in [5.74, 6) is 0.0313. The monoisotopic (exact) mass is 306 g/mol. The van der Waals surface area contributed by atoms with Gasteiger partial charge < -0.3 is 10.3 Å². The molecule has 0 fully saturated rings. The second kappa shape index (κ2) is 5.92. The summed E-state index contributed by atoms with van der Waals surface area (Å²) in [7, 11) is 0. The van der Waals surface area contributed by atoms with Gasteiger partial charge in [-0.1, -0.05) is 48.0 Å². The molecule has 0 aliphatic rings. The maximum Gasteiger partial charge on any atom is 0.230 e. The Morgan fingerprint density at radius 2 is 1.91 bits per heavy atom. The summed E-state index contributed by atoms with van der Waals surface area (Å²) in [6, 6.07) is 16.3. The zero-order chi connectivity index (χ0) is 16.4. The molecule has 0 saturated heterocycles. The van der Waals surface area contributed by atoms with Gasteiger partial charge in [0.25, 0.3) is 0 Å². The molecule has 0 unspecified atom stereocenters. The van der Waals surface area contributed by atoms with Crippen molar-refractivity contribution in [3.05, 3.63) is 71.4 Å². The van der Waals surface area contributed by atoms with Crippen LogP contribution in [0, 0.1) is 6.92 Å². The Balaban J connectivity index is 1.80. The molecule has 0 radical (unpaired) electrons. The molecule has 3 heteroatoms. The van der Waals surface area contributed by atoms with Gasteiger partial charge in [-0.05, 0) is 38.0 Å². The normalized spacial score (nSPS) is 11.6. The topological polar surface area (TPSA) is 44.9 Å². The van der Waals surface area contributed by atoms with Crippen molar-refractivity contribution in [1.82, 2.24) is 10.3 Å². The number of fused-ring (bicyclic) bond motifs is 1. The number of aryl methyl sites for hydroxylation is 1. The highest BCUT2D eigenvalue weighted by Crippen LogP contribution is 2.30. The lowest BCUT2D eigenvalue weighted by molar-refractivity contribution is -0.125. The van der Waals surface area contributed by atoms with E-state index in [1.54, 1.807) is 0 Å². The summed E-state index contributed by atoms with van der Waals surface area (Å²) in [4.78, 5) is 16.0. The molecule has 0 aliphatic heterocycles. The van der Waals surface area contributed by atoms with Gasteiger partial charge in [0.15, 0.2) is 0 Å². The maximum atomic E-state index is 12.7. The third kappa shape index (κ3) is 3.00. The van der Waals surface area contributed by atoms with Crippen LogP contribution in [0.15, 0.2) is 54.7 Å². The standard InChI is InChI=1S/C20H22N2O/c1-14-7-6-8-15(11-14)12-22-19(23)20(2,3)17-13-21-18-10-5-4-9-16(17)18/h4-11,13,21H,12H2,1-3H3,(H,22,23). The molecule has 3 nitrogen and oxygen atoms in total. The number of carbonyl (C=O) groups is 1. The summed E-state index contributed by atoms with van der Waals surface area (Å²) >= 11 is 0. The number of H-pyrrole nitrogens is 1. The number of aromatic nitrogens is 1. The minimum atomic E-state index is -0.594. The fraction of sp³-hybridized carbons (Fsp3) is 0.250. The SMILES string of the molecule is Cc1cccc(CNC(=O)C(C)(C)c2c[nH]c3ccccc23)c1. The highest BCUT2D eigenvalue weighted by Gasteiger charge is 2.31. The van der Waals surface area contributed by atoms with Gasteiger partial charge in [0, 0.05) is 23.6 Å². The third-order valence-electron chi connectivity index (χ3n) is 4.37. The molecule has 0 atom stereocenters. The van der Waals surface area contributed by atoms with E-state index in [2.05, 4.69) is 35.4 Å². The van der Waals surface area contributed by atoms with Crippen molar-refractivity contribution in [3.63, 3.8) is 0 Å². The first-order chi connectivity index (χ1) is 11.0. The Labute approximate surface area is 136 Å². The van der Waals surface area contributed by atoms with Crippen LogP contribution in [0.3, 0.4) is 0 Å². The molecule has 0 spiro atoms. The molecule has 1 heterocycles. The quantitative estimate of drug-likeness (QED) is 0.750. The Hall–Kier alpha value is -2.55. The van der Waals surface area contributed by atoms with Crippen LogP contribution in [0.25, 0.3) is 10.9 Å². The molecule has 1 aromatic heterocycles. The number of rotatable bonds is 4. The minimum absolute atomic E-state index is 0.0313. The average Bonchev–Trinajstić information content (AvgIpc) is 2.97. The van der Waals surface area contributed by atoms with Crippen molar-refractivity contribution >= 4 is 16.8 Å². The zero-order valence-electron chi connectivity index (χ0n) is 13.8. The molecule has 3 rings (SSSR count). The van der Waals surface area contributed by atoms with E-state index < -0.39 is 5.41 Å². The molecule has 0 saturated carbocycles. The molecular weight excluding hydrogens is 284 g/mol. The second-order valence-corrected chi connectivity index (χ2v) is 6.54. The predicted octanol–water partition coefficient (Wildman–Crippen LogP) is 4.07. The molecule has 3 aromatic rings. The molecule has 0 aliphatic carbocycles. The number of aromatic amines is 1.